The average Bonchev–Trinajstić information content (AvgIpc) is 3.31. The Bertz CT molecular complexity index is 1030. The van der Waals surface area contributed by atoms with Gasteiger partial charge in [0.1, 0.15) is 0 Å². The maximum Gasteiger partial charge on any atom is 0.249 e. The van der Waals surface area contributed by atoms with Crippen molar-refractivity contribution in [2.75, 3.05) is 38.3 Å². The van der Waals surface area contributed by atoms with Gasteiger partial charge in [-0.25, -0.2) is 0 Å². The van der Waals surface area contributed by atoms with E-state index >= 15 is 0 Å². The molecule has 3 aromatic rings. The number of halogens is 1. The van der Waals surface area contributed by atoms with Gasteiger partial charge in [-0.1, -0.05) is 30.7 Å². The molecule has 0 aliphatic carbocycles. The van der Waals surface area contributed by atoms with Crippen LogP contribution in [0.1, 0.15) is 24.9 Å². The summed E-state index contributed by atoms with van der Waals surface area (Å²) >= 11 is 5.95. The van der Waals surface area contributed by atoms with E-state index in [-0.39, 0.29) is 5.91 Å². The van der Waals surface area contributed by atoms with Gasteiger partial charge in [0.25, 0.3) is 0 Å². The van der Waals surface area contributed by atoms with E-state index in [0.29, 0.717) is 23.8 Å². The normalized spacial score (nSPS) is 14.9. The van der Waals surface area contributed by atoms with Gasteiger partial charge in [-0.3, -0.25) is 4.79 Å². The fourth-order valence-electron chi connectivity index (χ4n) is 3.75. The van der Waals surface area contributed by atoms with Gasteiger partial charge in [0, 0.05) is 43.0 Å². The van der Waals surface area contributed by atoms with Crippen LogP contribution in [-0.4, -0.2) is 64.4 Å². The van der Waals surface area contributed by atoms with E-state index in [4.69, 9.17) is 16.3 Å². The molecule has 1 fully saturated rings. The summed E-state index contributed by atoms with van der Waals surface area (Å²) in [5.41, 5.74) is 3.05. The summed E-state index contributed by atoms with van der Waals surface area (Å²) < 4.78 is 5.42. The largest absolute Gasteiger partial charge is 0.378 e. The zero-order valence-corrected chi connectivity index (χ0v) is 19.1. The number of carbonyl (C=O) groups is 1. The number of aromatic nitrogens is 4. The van der Waals surface area contributed by atoms with Crippen molar-refractivity contribution in [3.05, 3.63) is 59.1 Å². The summed E-state index contributed by atoms with van der Waals surface area (Å²) in [6.45, 7) is 5.77. The first-order chi connectivity index (χ1) is 15.5. The van der Waals surface area contributed by atoms with Gasteiger partial charge in [-0.2, -0.15) is 4.80 Å². The Labute approximate surface area is 192 Å². The van der Waals surface area contributed by atoms with Crippen LogP contribution < -0.4 is 4.90 Å². The molecule has 0 saturated carbocycles. The highest BCUT2D eigenvalue weighted by Gasteiger charge is 2.25. The predicted molar refractivity (Wildman–Crippen MR) is 124 cm³/mol. The molecule has 0 radical (unpaired) electrons. The van der Waals surface area contributed by atoms with Gasteiger partial charge >= 0.3 is 0 Å². The number of amides is 1. The summed E-state index contributed by atoms with van der Waals surface area (Å²) in [7, 11) is 1.80. The summed E-state index contributed by atoms with van der Waals surface area (Å²) in [6, 6.07) is 15.1. The Balaban J connectivity index is 1.41. The zero-order valence-electron chi connectivity index (χ0n) is 18.3. The minimum Gasteiger partial charge on any atom is -0.378 e. The predicted octanol–water partition coefficient (Wildman–Crippen LogP) is 3.44. The topological polar surface area (TPSA) is 76.4 Å². The molecule has 1 atom stereocenters. The molecule has 4 rings (SSSR count). The highest BCUT2D eigenvalue weighted by molar-refractivity contribution is 6.30. The van der Waals surface area contributed by atoms with Gasteiger partial charge in [-0.15, -0.1) is 10.2 Å². The molecular formula is C23H27ClN6O2. The number of morpholine rings is 1. The third-order valence-corrected chi connectivity index (χ3v) is 5.84. The van der Waals surface area contributed by atoms with Gasteiger partial charge < -0.3 is 14.5 Å². The summed E-state index contributed by atoms with van der Waals surface area (Å²) in [5, 5.41) is 13.3. The standard InChI is InChI=1S/C23H27ClN6O2/c1-3-21(30-26-22(25-27-30)18-6-8-19(24)9-7-18)23(31)28(2)16-17-4-10-20(11-5-17)29-12-14-32-15-13-29/h4-11,21H,3,12-16H2,1-2H3. The smallest absolute Gasteiger partial charge is 0.249 e. The highest BCUT2D eigenvalue weighted by atomic mass is 35.5. The van der Waals surface area contributed by atoms with Crippen LogP contribution in [0.25, 0.3) is 11.4 Å². The molecule has 0 N–H and O–H groups in total. The van der Waals surface area contributed by atoms with E-state index in [1.54, 1.807) is 24.1 Å². The molecule has 1 amide bonds. The third kappa shape index (κ3) is 5.08. The molecular weight excluding hydrogens is 428 g/mol. The van der Waals surface area contributed by atoms with Gasteiger partial charge in [0.05, 0.1) is 13.2 Å². The van der Waals surface area contributed by atoms with Crippen molar-refractivity contribution in [2.45, 2.75) is 25.9 Å². The second kappa shape index (κ2) is 10.1. The Morgan fingerprint density at radius 1 is 1.12 bits per heavy atom. The molecule has 1 aliphatic rings. The lowest BCUT2D eigenvalue weighted by Gasteiger charge is -2.29. The van der Waals surface area contributed by atoms with Crippen LogP contribution >= 0.6 is 11.6 Å². The van der Waals surface area contributed by atoms with Gasteiger partial charge in [-0.05, 0) is 53.6 Å². The first-order valence-electron chi connectivity index (χ1n) is 10.8. The second-order valence-corrected chi connectivity index (χ2v) is 8.26. The van der Waals surface area contributed by atoms with E-state index in [2.05, 4.69) is 44.6 Å². The SMILES string of the molecule is CCC(C(=O)N(C)Cc1ccc(N2CCOCC2)cc1)n1nnc(-c2ccc(Cl)cc2)n1. The van der Waals surface area contributed by atoms with Crippen molar-refractivity contribution < 1.29 is 9.53 Å². The lowest BCUT2D eigenvalue weighted by atomic mass is 10.1. The van der Waals surface area contributed by atoms with Crippen LogP contribution in [0.15, 0.2) is 48.5 Å². The number of rotatable bonds is 7. The Hall–Kier alpha value is -2.97. The van der Waals surface area contributed by atoms with E-state index in [0.717, 1.165) is 37.4 Å². The molecule has 32 heavy (non-hydrogen) atoms. The monoisotopic (exact) mass is 454 g/mol. The fraction of sp³-hybridized carbons (Fsp3) is 0.391. The number of ether oxygens (including phenoxy) is 1. The molecule has 1 unspecified atom stereocenters. The first-order valence-corrected chi connectivity index (χ1v) is 11.1. The second-order valence-electron chi connectivity index (χ2n) is 7.82. The molecule has 0 spiro atoms. The number of benzene rings is 2. The first kappa shape index (κ1) is 22.2. The van der Waals surface area contributed by atoms with E-state index in [1.807, 2.05) is 19.1 Å². The van der Waals surface area contributed by atoms with Crippen LogP contribution in [0.5, 0.6) is 0 Å². The number of carbonyl (C=O) groups excluding carboxylic acids is 1. The van der Waals surface area contributed by atoms with Crippen LogP contribution in [-0.2, 0) is 16.1 Å². The Morgan fingerprint density at radius 3 is 2.47 bits per heavy atom. The molecule has 8 nitrogen and oxygen atoms in total. The van der Waals surface area contributed by atoms with Crippen molar-refractivity contribution in [3.8, 4) is 11.4 Å². The molecule has 2 heterocycles. The van der Waals surface area contributed by atoms with Crippen molar-refractivity contribution in [3.63, 3.8) is 0 Å². The summed E-state index contributed by atoms with van der Waals surface area (Å²) in [4.78, 5) is 18.6. The van der Waals surface area contributed by atoms with Crippen molar-refractivity contribution >= 4 is 23.2 Å². The lowest BCUT2D eigenvalue weighted by molar-refractivity contribution is -0.134. The van der Waals surface area contributed by atoms with Crippen LogP contribution in [0.4, 0.5) is 5.69 Å². The maximum atomic E-state index is 13.1. The van der Waals surface area contributed by atoms with Crippen LogP contribution in [0.2, 0.25) is 5.02 Å². The molecule has 0 bridgehead atoms. The summed E-state index contributed by atoms with van der Waals surface area (Å²) in [5.74, 6) is 0.416. The number of anilines is 1. The quantitative estimate of drug-likeness (QED) is 0.544. The average molecular weight is 455 g/mol. The van der Waals surface area contributed by atoms with Crippen molar-refractivity contribution in [1.82, 2.24) is 25.1 Å². The lowest BCUT2D eigenvalue weighted by Crippen LogP contribution is -2.36. The number of tetrazole rings is 1. The molecule has 1 aliphatic heterocycles. The van der Waals surface area contributed by atoms with E-state index in [9.17, 15) is 4.79 Å². The Morgan fingerprint density at radius 2 is 1.81 bits per heavy atom. The number of hydrogen-bond donors (Lipinski definition) is 0. The van der Waals surface area contributed by atoms with E-state index < -0.39 is 6.04 Å². The molecule has 168 valence electrons. The minimum atomic E-state index is -0.513. The maximum absolute atomic E-state index is 13.1. The molecule has 1 aromatic heterocycles. The van der Waals surface area contributed by atoms with Crippen LogP contribution in [0, 0.1) is 0 Å². The fourth-order valence-corrected chi connectivity index (χ4v) is 3.87. The van der Waals surface area contributed by atoms with E-state index in [1.165, 1.54) is 10.5 Å². The molecule has 9 heteroatoms. The summed E-state index contributed by atoms with van der Waals surface area (Å²) in [6.07, 6.45) is 0.565. The Kier molecular flexibility index (Phi) is 7.02. The highest BCUT2D eigenvalue weighted by Crippen LogP contribution is 2.21. The zero-order chi connectivity index (χ0) is 22.5. The number of nitrogens with zero attached hydrogens (tertiary/aromatic N) is 6. The number of hydrogen-bond acceptors (Lipinski definition) is 6. The van der Waals surface area contributed by atoms with Crippen molar-refractivity contribution in [1.29, 1.82) is 0 Å². The molecule has 1 saturated heterocycles. The van der Waals surface area contributed by atoms with Gasteiger partial charge in [0.15, 0.2) is 6.04 Å². The minimum absolute atomic E-state index is 0.0511. The number of likely N-dealkylation sites (N-methyl/N-ethyl adjacent to an activating group) is 1. The molecule has 2 aromatic carbocycles. The van der Waals surface area contributed by atoms with Gasteiger partial charge in [0.2, 0.25) is 11.7 Å². The van der Waals surface area contributed by atoms with Crippen LogP contribution in [0.3, 0.4) is 0 Å². The third-order valence-electron chi connectivity index (χ3n) is 5.59. The van der Waals surface area contributed by atoms with Crippen molar-refractivity contribution in [2.24, 2.45) is 0 Å².